The minimum atomic E-state index is -0.336. The Hall–Kier alpha value is -1.56. The van der Waals surface area contributed by atoms with Crippen LogP contribution in [0.3, 0.4) is 0 Å². The van der Waals surface area contributed by atoms with E-state index in [4.69, 9.17) is 5.73 Å². The van der Waals surface area contributed by atoms with E-state index in [0.29, 0.717) is 17.2 Å². The minimum Gasteiger partial charge on any atom is -0.394 e. The molecule has 0 aliphatic rings. The van der Waals surface area contributed by atoms with Crippen LogP contribution in [0.2, 0.25) is 0 Å². The molecule has 0 amide bonds. The first-order chi connectivity index (χ1) is 8.52. The molecule has 1 aromatic carbocycles. The zero-order chi connectivity index (χ0) is 13.3. The molecule has 96 valence electrons. The lowest BCUT2D eigenvalue weighted by Gasteiger charge is -2.09. The van der Waals surface area contributed by atoms with E-state index < -0.39 is 0 Å². The molecule has 3 N–H and O–H groups in total. The number of halogens is 2. The van der Waals surface area contributed by atoms with E-state index in [9.17, 15) is 4.39 Å². The number of nitrogen functional groups attached to an aromatic ring is 1. The summed E-state index contributed by atoms with van der Waals surface area (Å²) < 4.78 is 16.1. The first-order valence-corrected chi connectivity index (χ1v) is 6.35. The highest BCUT2D eigenvalue weighted by Crippen LogP contribution is 2.28. The van der Waals surface area contributed by atoms with Crippen molar-refractivity contribution in [2.75, 3.05) is 11.1 Å². The highest BCUT2D eigenvalue weighted by Gasteiger charge is 2.13. The summed E-state index contributed by atoms with van der Waals surface area (Å²) in [5.74, 6) is 0.265. The number of nitrogens with zero attached hydrogens (tertiary/aromatic N) is 2. The first-order valence-electron chi connectivity index (χ1n) is 5.56. The van der Waals surface area contributed by atoms with Gasteiger partial charge in [0.1, 0.15) is 5.82 Å². The number of hydrogen-bond acceptors (Lipinski definition) is 3. The van der Waals surface area contributed by atoms with Crippen LogP contribution >= 0.6 is 15.9 Å². The van der Waals surface area contributed by atoms with Crippen LogP contribution in [0.5, 0.6) is 0 Å². The molecule has 1 aromatic heterocycles. The molecule has 0 atom stereocenters. The number of aryl methyl sites for hydroxylation is 2. The quantitative estimate of drug-likeness (QED) is 0.915. The number of aromatic nitrogens is 2. The molecule has 1 heterocycles. The van der Waals surface area contributed by atoms with E-state index in [2.05, 4.69) is 26.3 Å². The second-order valence-corrected chi connectivity index (χ2v) is 4.85. The Morgan fingerprint density at radius 3 is 2.83 bits per heavy atom. The smallest absolute Gasteiger partial charge is 0.152 e. The third-order valence-electron chi connectivity index (χ3n) is 2.68. The molecular formula is C12H14BrFN4. The van der Waals surface area contributed by atoms with Crippen LogP contribution in [0.15, 0.2) is 22.7 Å². The molecule has 2 rings (SSSR count). The van der Waals surface area contributed by atoms with Gasteiger partial charge in [0.2, 0.25) is 0 Å². The lowest BCUT2D eigenvalue weighted by molar-refractivity contribution is 0.631. The van der Waals surface area contributed by atoms with E-state index in [1.165, 1.54) is 6.07 Å². The lowest BCUT2D eigenvalue weighted by Crippen LogP contribution is -2.02. The Kier molecular flexibility index (Phi) is 3.56. The minimum absolute atomic E-state index is 0.336. The van der Waals surface area contributed by atoms with Gasteiger partial charge in [0.05, 0.1) is 17.1 Å². The number of rotatable bonds is 3. The molecular weight excluding hydrogens is 299 g/mol. The van der Waals surface area contributed by atoms with Crippen molar-refractivity contribution in [1.82, 2.24) is 9.78 Å². The van der Waals surface area contributed by atoms with Crippen molar-refractivity contribution < 1.29 is 4.39 Å². The number of hydrogen-bond donors (Lipinski definition) is 2. The van der Waals surface area contributed by atoms with Gasteiger partial charge in [-0.3, -0.25) is 4.68 Å². The van der Waals surface area contributed by atoms with Gasteiger partial charge in [0, 0.05) is 11.5 Å². The Balaban J connectivity index is 2.39. The average molecular weight is 313 g/mol. The molecule has 0 aliphatic carbocycles. The highest BCUT2D eigenvalue weighted by atomic mass is 79.9. The summed E-state index contributed by atoms with van der Waals surface area (Å²) in [6.45, 7) is 1.97. The Labute approximate surface area is 113 Å². The van der Waals surface area contributed by atoms with E-state index in [0.717, 1.165) is 16.6 Å². The van der Waals surface area contributed by atoms with Crippen molar-refractivity contribution in [2.24, 2.45) is 7.05 Å². The Morgan fingerprint density at radius 1 is 1.50 bits per heavy atom. The zero-order valence-electron chi connectivity index (χ0n) is 10.2. The summed E-state index contributed by atoms with van der Waals surface area (Å²) in [7, 11) is 1.77. The van der Waals surface area contributed by atoms with Crippen molar-refractivity contribution >= 4 is 33.1 Å². The van der Waals surface area contributed by atoms with Crippen LogP contribution in [-0.4, -0.2) is 9.78 Å². The van der Waals surface area contributed by atoms with Gasteiger partial charge in [-0.1, -0.05) is 22.9 Å². The average Bonchev–Trinajstić information content (AvgIpc) is 2.61. The summed E-state index contributed by atoms with van der Waals surface area (Å²) >= 11 is 3.31. The summed E-state index contributed by atoms with van der Waals surface area (Å²) in [4.78, 5) is 0. The number of nitrogens with two attached hydrogens (primary N) is 1. The van der Waals surface area contributed by atoms with Gasteiger partial charge in [-0.25, -0.2) is 4.39 Å². The topological polar surface area (TPSA) is 55.9 Å². The molecule has 0 bridgehead atoms. The third-order valence-corrected chi connectivity index (χ3v) is 3.17. The molecule has 0 saturated heterocycles. The molecule has 4 nitrogen and oxygen atoms in total. The van der Waals surface area contributed by atoms with Gasteiger partial charge in [-0.15, -0.1) is 0 Å². The normalized spacial score (nSPS) is 10.7. The second kappa shape index (κ2) is 4.97. The fourth-order valence-electron chi connectivity index (χ4n) is 1.73. The summed E-state index contributed by atoms with van der Waals surface area (Å²) in [5, 5.41) is 7.25. The largest absolute Gasteiger partial charge is 0.394 e. The van der Waals surface area contributed by atoms with Crippen LogP contribution < -0.4 is 11.1 Å². The fourth-order valence-corrected chi connectivity index (χ4v) is 2.09. The fraction of sp³-hybridized carbons (Fsp3) is 0.250. The highest BCUT2D eigenvalue weighted by molar-refractivity contribution is 9.10. The van der Waals surface area contributed by atoms with E-state index in [-0.39, 0.29) is 5.82 Å². The molecule has 18 heavy (non-hydrogen) atoms. The van der Waals surface area contributed by atoms with Crippen LogP contribution in [0, 0.1) is 5.82 Å². The van der Waals surface area contributed by atoms with Crippen molar-refractivity contribution in [1.29, 1.82) is 0 Å². The molecule has 2 aromatic rings. The van der Waals surface area contributed by atoms with Crippen molar-refractivity contribution in [3.8, 4) is 0 Å². The van der Waals surface area contributed by atoms with Crippen molar-refractivity contribution in [2.45, 2.75) is 13.3 Å². The van der Waals surface area contributed by atoms with Gasteiger partial charge in [0.15, 0.2) is 5.82 Å². The monoisotopic (exact) mass is 312 g/mol. The molecule has 0 radical (unpaired) electrons. The second-order valence-electron chi connectivity index (χ2n) is 3.94. The van der Waals surface area contributed by atoms with Gasteiger partial charge < -0.3 is 11.1 Å². The summed E-state index contributed by atoms with van der Waals surface area (Å²) in [6.07, 6.45) is 0.738. The van der Waals surface area contributed by atoms with Gasteiger partial charge in [-0.2, -0.15) is 5.10 Å². The maximum atomic E-state index is 13.7. The molecule has 0 unspecified atom stereocenters. The maximum absolute atomic E-state index is 13.7. The predicted octanol–water partition coefficient (Wildman–Crippen LogP) is 3.21. The van der Waals surface area contributed by atoms with Crippen LogP contribution in [-0.2, 0) is 13.5 Å². The van der Waals surface area contributed by atoms with Crippen molar-refractivity contribution in [3.05, 3.63) is 34.2 Å². The van der Waals surface area contributed by atoms with Crippen LogP contribution in [0.4, 0.5) is 21.6 Å². The predicted molar refractivity (Wildman–Crippen MR) is 74.4 cm³/mol. The standard InChI is InChI=1S/C12H14BrFN4/c1-3-9-11(15)12(18(2)17-9)16-10-6-7(13)4-5-8(10)14/h4-6,16H,3,15H2,1-2H3. The lowest BCUT2D eigenvalue weighted by atomic mass is 10.2. The first kappa shape index (κ1) is 12.9. The van der Waals surface area contributed by atoms with E-state index in [1.54, 1.807) is 23.9 Å². The van der Waals surface area contributed by atoms with Crippen molar-refractivity contribution in [3.63, 3.8) is 0 Å². The molecule has 0 fully saturated rings. The number of benzene rings is 1. The Bertz CT molecular complexity index is 580. The Morgan fingerprint density at radius 2 is 2.22 bits per heavy atom. The van der Waals surface area contributed by atoms with Gasteiger partial charge in [-0.05, 0) is 24.6 Å². The van der Waals surface area contributed by atoms with Gasteiger partial charge >= 0.3 is 0 Å². The zero-order valence-corrected chi connectivity index (χ0v) is 11.8. The third kappa shape index (κ3) is 2.33. The molecule has 0 spiro atoms. The summed E-state index contributed by atoms with van der Waals surface area (Å²) in [5.41, 5.74) is 7.69. The number of nitrogens with one attached hydrogen (secondary N) is 1. The SMILES string of the molecule is CCc1nn(C)c(Nc2cc(Br)ccc2F)c1N. The summed E-state index contributed by atoms with van der Waals surface area (Å²) in [6, 6.07) is 4.69. The van der Waals surface area contributed by atoms with E-state index in [1.807, 2.05) is 6.92 Å². The van der Waals surface area contributed by atoms with Crippen LogP contribution in [0.1, 0.15) is 12.6 Å². The van der Waals surface area contributed by atoms with E-state index >= 15 is 0 Å². The van der Waals surface area contributed by atoms with Crippen LogP contribution in [0.25, 0.3) is 0 Å². The maximum Gasteiger partial charge on any atom is 0.152 e. The van der Waals surface area contributed by atoms with Gasteiger partial charge in [0.25, 0.3) is 0 Å². The number of anilines is 3. The molecule has 0 aliphatic heterocycles. The molecule has 0 saturated carbocycles. The molecule has 6 heteroatoms.